The summed E-state index contributed by atoms with van der Waals surface area (Å²) in [5.74, 6) is 0.794. The lowest BCUT2D eigenvalue weighted by Gasteiger charge is -2.40. The van der Waals surface area contributed by atoms with Crippen LogP contribution in [-0.2, 0) is 0 Å². The predicted molar refractivity (Wildman–Crippen MR) is 93.7 cm³/mol. The molecule has 0 spiro atoms. The van der Waals surface area contributed by atoms with Crippen molar-refractivity contribution in [3.8, 4) is 5.75 Å². The fourth-order valence-corrected chi connectivity index (χ4v) is 3.08. The minimum Gasteiger partial charge on any atom is -0.497 e. The van der Waals surface area contributed by atoms with Crippen LogP contribution in [0.3, 0.4) is 0 Å². The normalized spacial score (nSPS) is 17.9. The molecule has 24 heavy (non-hydrogen) atoms. The van der Waals surface area contributed by atoms with Crippen LogP contribution in [0.1, 0.15) is 17.4 Å². The highest BCUT2D eigenvalue weighted by molar-refractivity contribution is 6.35. The van der Waals surface area contributed by atoms with Crippen molar-refractivity contribution >= 4 is 29.0 Å². The van der Waals surface area contributed by atoms with Gasteiger partial charge in [-0.1, -0.05) is 11.6 Å². The number of nitrogens with zero attached hydrogens (tertiary/aromatic N) is 3. The Kier molecular flexibility index (Phi) is 4.53. The number of nitrogens with one attached hydrogen (secondary N) is 1. The van der Waals surface area contributed by atoms with E-state index in [0.29, 0.717) is 6.54 Å². The van der Waals surface area contributed by atoms with E-state index in [2.05, 4.69) is 15.1 Å². The summed E-state index contributed by atoms with van der Waals surface area (Å²) in [5.41, 5.74) is 6.96. The van der Waals surface area contributed by atoms with E-state index in [-0.39, 0.29) is 28.5 Å². The molecule has 1 atom stereocenters. The third kappa shape index (κ3) is 2.99. The van der Waals surface area contributed by atoms with Crippen molar-refractivity contribution in [3.05, 3.63) is 35.0 Å². The summed E-state index contributed by atoms with van der Waals surface area (Å²) in [5, 5.41) is 6.59. The molecule has 8 heteroatoms. The molecule has 2 heterocycles. The molecule has 2 aromatic rings. The summed E-state index contributed by atoms with van der Waals surface area (Å²) >= 11 is 6.04. The Bertz CT molecular complexity index is 731. The number of halogens is 1. The van der Waals surface area contributed by atoms with Crippen molar-refractivity contribution in [2.45, 2.75) is 13.0 Å². The van der Waals surface area contributed by atoms with Crippen LogP contribution in [0.5, 0.6) is 5.75 Å². The first kappa shape index (κ1) is 16.4. The number of amides is 1. The zero-order valence-corrected chi connectivity index (χ0v) is 14.4. The first-order valence-corrected chi connectivity index (χ1v) is 8.08. The SMILES string of the molecule is COc1ccc(N2CCN(C(=O)c3[nH]nc(N)c3Cl)C(C)C2)cc1. The third-order valence-electron chi connectivity index (χ3n) is 4.27. The molecule has 1 aliphatic heterocycles. The van der Waals surface area contributed by atoms with Crippen LogP contribution in [0.25, 0.3) is 0 Å². The first-order valence-electron chi connectivity index (χ1n) is 7.70. The fourth-order valence-electron chi connectivity index (χ4n) is 2.91. The van der Waals surface area contributed by atoms with E-state index in [1.54, 1.807) is 12.0 Å². The molecule has 3 N–H and O–H groups in total. The molecule has 7 nitrogen and oxygen atoms in total. The van der Waals surface area contributed by atoms with Crippen molar-refractivity contribution in [2.75, 3.05) is 37.4 Å². The van der Waals surface area contributed by atoms with Crippen molar-refractivity contribution in [3.63, 3.8) is 0 Å². The van der Waals surface area contributed by atoms with Gasteiger partial charge in [-0.15, -0.1) is 0 Å². The van der Waals surface area contributed by atoms with Gasteiger partial charge in [0.15, 0.2) is 5.82 Å². The zero-order valence-electron chi connectivity index (χ0n) is 13.6. The number of carbonyl (C=O) groups excluding carboxylic acids is 1. The van der Waals surface area contributed by atoms with Crippen LogP contribution >= 0.6 is 11.6 Å². The molecular formula is C16H20ClN5O2. The molecule has 0 aliphatic carbocycles. The lowest BCUT2D eigenvalue weighted by Crippen LogP contribution is -2.54. The highest BCUT2D eigenvalue weighted by Gasteiger charge is 2.30. The number of benzene rings is 1. The van der Waals surface area contributed by atoms with Crippen LogP contribution in [0, 0.1) is 0 Å². The molecule has 1 aromatic heterocycles. The summed E-state index contributed by atoms with van der Waals surface area (Å²) in [6.45, 7) is 4.09. The zero-order chi connectivity index (χ0) is 17.3. The van der Waals surface area contributed by atoms with Gasteiger partial charge in [-0.25, -0.2) is 0 Å². The Balaban J connectivity index is 1.70. The van der Waals surface area contributed by atoms with Gasteiger partial charge in [-0.2, -0.15) is 5.10 Å². The smallest absolute Gasteiger partial charge is 0.273 e. The van der Waals surface area contributed by atoms with Crippen LogP contribution in [0.15, 0.2) is 24.3 Å². The summed E-state index contributed by atoms with van der Waals surface area (Å²) in [6.07, 6.45) is 0. The lowest BCUT2D eigenvalue weighted by atomic mass is 10.1. The van der Waals surface area contributed by atoms with Crippen LogP contribution in [0.2, 0.25) is 5.02 Å². The maximum absolute atomic E-state index is 12.7. The lowest BCUT2D eigenvalue weighted by molar-refractivity contribution is 0.0668. The Hall–Kier alpha value is -2.41. The van der Waals surface area contributed by atoms with Gasteiger partial charge >= 0.3 is 0 Å². The van der Waals surface area contributed by atoms with Gasteiger partial charge in [0.1, 0.15) is 16.5 Å². The van der Waals surface area contributed by atoms with Crippen LogP contribution in [-0.4, -0.2) is 53.8 Å². The molecule has 0 bridgehead atoms. The molecule has 128 valence electrons. The molecule has 1 aliphatic rings. The average Bonchev–Trinajstić information content (AvgIpc) is 2.93. The number of hydrogen-bond acceptors (Lipinski definition) is 5. The minimum atomic E-state index is -0.175. The molecule has 1 saturated heterocycles. The average molecular weight is 350 g/mol. The van der Waals surface area contributed by atoms with E-state index in [9.17, 15) is 4.79 Å². The largest absolute Gasteiger partial charge is 0.497 e. The minimum absolute atomic E-state index is 0.0361. The molecular weight excluding hydrogens is 330 g/mol. The second kappa shape index (κ2) is 6.60. The van der Waals surface area contributed by atoms with E-state index in [1.165, 1.54) is 0 Å². The number of aromatic amines is 1. The molecule has 3 rings (SSSR count). The van der Waals surface area contributed by atoms with Gasteiger partial charge in [0.25, 0.3) is 5.91 Å². The van der Waals surface area contributed by atoms with Crippen molar-refractivity contribution in [1.82, 2.24) is 15.1 Å². The van der Waals surface area contributed by atoms with Crippen LogP contribution < -0.4 is 15.4 Å². The molecule has 1 aromatic carbocycles. The maximum Gasteiger partial charge on any atom is 0.273 e. The number of piperazine rings is 1. The standard InChI is InChI=1S/C16H20ClN5O2/c1-10-9-21(11-3-5-12(24-2)6-4-11)7-8-22(10)16(23)14-13(17)15(18)20-19-14/h3-6,10H,7-9H2,1-2H3,(H3,18,19,20). The molecule has 0 saturated carbocycles. The van der Waals surface area contributed by atoms with E-state index in [1.807, 2.05) is 31.2 Å². The first-order chi connectivity index (χ1) is 11.5. The number of nitrogens with two attached hydrogens (primary N) is 1. The number of H-pyrrole nitrogens is 1. The fraction of sp³-hybridized carbons (Fsp3) is 0.375. The number of anilines is 2. The highest BCUT2D eigenvalue weighted by atomic mass is 35.5. The van der Waals surface area contributed by atoms with Crippen molar-refractivity contribution in [1.29, 1.82) is 0 Å². The quantitative estimate of drug-likeness (QED) is 0.885. The third-order valence-corrected chi connectivity index (χ3v) is 4.65. The van der Waals surface area contributed by atoms with Gasteiger partial charge in [0, 0.05) is 31.4 Å². The number of nitrogen functional groups attached to an aromatic ring is 1. The number of aromatic nitrogens is 2. The molecule has 0 radical (unpaired) electrons. The van der Waals surface area contributed by atoms with E-state index in [4.69, 9.17) is 22.1 Å². The number of carbonyl (C=O) groups is 1. The van der Waals surface area contributed by atoms with E-state index >= 15 is 0 Å². The summed E-state index contributed by atoms with van der Waals surface area (Å²) in [4.78, 5) is 16.7. The van der Waals surface area contributed by atoms with Gasteiger partial charge in [-0.3, -0.25) is 9.89 Å². The Morgan fingerprint density at radius 2 is 2.08 bits per heavy atom. The van der Waals surface area contributed by atoms with Crippen molar-refractivity contribution < 1.29 is 9.53 Å². The second-order valence-electron chi connectivity index (χ2n) is 5.79. The topological polar surface area (TPSA) is 87.5 Å². The number of rotatable bonds is 3. The Morgan fingerprint density at radius 3 is 2.62 bits per heavy atom. The number of ether oxygens (including phenoxy) is 1. The van der Waals surface area contributed by atoms with Crippen LogP contribution in [0.4, 0.5) is 11.5 Å². The molecule has 1 unspecified atom stereocenters. The summed E-state index contributed by atoms with van der Waals surface area (Å²) in [7, 11) is 1.65. The monoisotopic (exact) mass is 349 g/mol. The Labute approximate surface area is 145 Å². The second-order valence-corrected chi connectivity index (χ2v) is 6.17. The summed E-state index contributed by atoms with van der Waals surface area (Å²) < 4.78 is 5.18. The van der Waals surface area contributed by atoms with E-state index in [0.717, 1.165) is 24.5 Å². The maximum atomic E-state index is 12.7. The van der Waals surface area contributed by atoms with Crippen molar-refractivity contribution in [2.24, 2.45) is 0 Å². The summed E-state index contributed by atoms with van der Waals surface area (Å²) in [6, 6.07) is 7.95. The number of methoxy groups -OCH3 is 1. The number of hydrogen-bond donors (Lipinski definition) is 2. The Morgan fingerprint density at radius 1 is 1.38 bits per heavy atom. The molecule has 1 fully saturated rings. The highest BCUT2D eigenvalue weighted by Crippen LogP contribution is 2.25. The van der Waals surface area contributed by atoms with Gasteiger partial charge in [0.05, 0.1) is 7.11 Å². The van der Waals surface area contributed by atoms with E-state index < -0.39 is 0 Å². The van der Waals surface area contributed by atoms with Gasteiger partial charge in [-0.05, 0) is 31.2 Å². The predicted octanol–water partition coefficient (Wildman–Crippen LogP) is 2.00. The van der Waals surface area contributed by atoms with Gasteiger partial charge in [0.2, 0.25) is 0 Å². The van der Waals surface area contributed by atoms with Gasteiger partial charge < -0.3 is 20.3 Å². The molecule has 1 amide bonds.